The quantitative estimate of drug-likeness (QED) is 0.714. The molecule has 0 aliphatic carbocycles. The second kappa shape index (κ2) is 8.30. The second-order valence-electron chi connectivity index (χ2n) is 5.14. The molecule has 0 saturated heterocycles. The molecule has 0 aliphatic rings. The lowest BCUT2D eigenvalue weighted by molar-refractivity contribution is -0.116. The molecule has 2 rings (SSSR count). The van der Waals surface area contributed by atoms with Crippen LogP contribution in [0.2, 0.25) is 0 Å². The zero-order valence-corrected chi connectivity index (χ0v) is 16.0. The van der Waals surface area contributed by atoms with Crippen LogP contribution in [0.1, 0.15) is 10.4 Å². The molecule has 0 saturated carbocycles. The number of carbonyl (C=O) groups excluding carboxylic acids is 2. The normalized spacial score (nSPS) is 11.2. The Kier molecular flexibility index (Phi) is 6.35. The van der Waals surface area contributed by atoms with E-state index < -0.39 is 28.4 Å². The molecule has 1 N–H and O–H groups in total. The summed E-state index contributed by atoms with van der Waals surface area (Å²) in [5, 5.41) is 4.17. The predicted molar refractivity (Wildman–Crippen MR) is 97.1 cm³/mol. The lowest BCUT2D eigenvalue weighted by atomic mass is 10.1. The van der Waals surface area contributed by atoms with Gasteiger partial charge < -0.3 is 14.8 Å². The summed E-state index contributed by atoms with van der Waals surface area (Å²) in [5.41, 5.74) is 0.300. The predicted octanol–water partition coefficient (Wildman–Crippen LogP) is 1.80. The summed E-state index contributed by atoms with van der Waals surface area (Å²) >= 11 is 1.07. The number of likely N-dealkylation sites (N-methyl/N-ethyl adjacent to an activating group) is 1. The van der Waals surface area contributed by atoms with Gasteiger partial charge in [0.1, 0.15) is 9.96 Å². The Morgan fingerprint density at radius 2 is 1.96 bits per heavy atom. The first kappa shape index (κ1) is 19.9. The van der Waals surface area contributed by atoms with Crippen molar-refractivity contribution in [1.29, 1.82) is 0 Å². The van der Waals surface area contributed by atoms with Crippen molar-refractivity contribution in [3.8, 4) is 5.75 Å². The van der Waals surface area contributed by atoms with Crippen LogP contribution >= 0.6 is 11.3 Å². The monoisotopic (exact) mass is 398 g/mol. The van der Waals surface area contributed by atoms with Crippen molar-refractivity contribution in [1.82, 2.24) is 4.31 Å². The zero-order chi connectivity index (χ0) is 19.3. The number of hydrogen-bond acceptors (Lipinski definition) is 7. The van der Waals surface area contributed by atoms with Gasteiger partial charge >= 0.3 is 5.97 Å². The summed E-state index contributed by atoms with van der Waals surface area (Å²) < 4.78 is 35.5. The second-order valence-corrected chi connectivity index (χ2v) is 8.36. The summed E-state index contributed by atoms with van der Waals surface area (Å²) in [6.45, 7) is -0.410. The van der Waals surface area contributed by atoms with Crippen LogP contribution < -0.4 is 10.1 Å². The van der Waals surface area contributed by atoms with Crippen LogP contribution in [-0.4, -0.2) is 52.4 Å². The largest absolute Gasteiger partial charge is 0.497 e. The van der Waals surface area contributed by atoms with Crippen LogP contribution in [0.25, 0.3) is 0 Å². The average molecular weight is 398 g/mol. The zero-order valence-electron chi connectivity index (χ0n) is 14.4. The van der Waals surface area contributed by atoms with E-state index in [1.807, 2.05) is 0 Å². The minimum absolute atomic E-state index is 0.101. The van der Waals surface area contributed by atoms with Crippen LogP contribution in [0, 0.1) is 0 Å². The Balaban J connectivity index is 2.16. The third-order valence-electron chi connectivity index (χ3n) is 3.43. The number of thiophene rings is 1. The molecule has 1 heterocycles. The molecule has 0 radical (unpaired) electrons. The van der Waals surface area contributed by atoms with Crippen LogP contribution in [-0.2, 0) is 19.6 Å². The smallest absolute Gasteiger partial charge is 0.340 e. The standard InChI is InChI=1S/C16H18N2O6S2/c1-18(26(21,22)15-5-4-8-25-15)10-14(19)17-13-7-6-11(23-2)9-12(13)16(20)24-3/h4-9H,10H2,1-3H3,(H,17,19). The van der Waals surface area contributed by atoms with Gasteiger partial charge in [-0.1, -0.05) is 6.07 Å². The number of sulfonamides is 1. The fourth-order valence-electron chi connectivity index (χ4n) is 2.08. The van der Waals surface area contributed by atoms with E-state index in [2.05, 4.69) is 5.32 Å². The van der Waals surface area contributed by atoms with Crippen molar-refractivity contribution in [2.24, 2.45) is 0 Å². The summed E-state index contributed by atoms with van der Waals surface area (Å²) in [7, 11) is 0.225. The minimum atomic E-state index is -3.75. The van der Waals surface area contributed by atoms with Gasteiger partial charge in [-0.15, -0.1) is 11.3 Å². The van der Waals surface area contributed by atoms with Gasteiger partial charge in [0.05, 0.1) is 32.0 Å². The summed E-state index contributed by atoms with van der Waals surface area (Å²) in [6.07, 6.45) is 0. The molecule has 1 aromatic heterocycles. The van der Waals surface area contributed by atoms with Crippen LogP contribution in [0.3, 0.4) is 0 Å². The SMILES string of the molecule is COC(=O)c1cc(OC)ccc1NC(=O)CN(C)S(=O)(=O)c1cccs1. The Morgan fingerprint density at radius 3 is 2.54 bits per heavy atom. The van der Waals surface area contributed by atoms with Crippen LogP contribution in [0.5, 0.6) is 5.75 Å². The van der Waals surface area contributed by atoms with Gasteiger partial charge in [-0.25, -0.2) is 13.2 Å². The van der Waals surface area contributed by atoms with E-state index in [4.69, 9.17) is 9.47 Å². The van der Waals surface area contributed by atoms with E-state index in [9.17, 15) is 18.0 Å². The number of esters is 1. The van der Waals surface area contributed by atoms with E-state index in [1.165, 1.54) is 39.5 Å². The van der Waals surface area contributed by atoms with Crippen molar-refractivity contribution in [2.45, 2.75) is 4.21 Å². The molecule has 140 valence electrons. The summed E-state index contributed by atoms with van der Waals surface area (Å²) in [5.74, 6) is -0.831. The van der Waals surface area contributed by atoms with Gasteiger partial charge in [-0.05, 0) is 29.6 Å². The molecule has 1 amide bonds. The lowest BCUT2D eigenvalue weighted by Crippen LogP contribution is -2.34. The van der Waals surface area contributed by atoms with Crippen molar-refractivity contribution >= 4 is 38.9 Å². The topological polar surface area (TPSA) is 102 Å². The Labute approximate surface area is 155 Å². The molecule has 1 aromatic carbocycles. The van der Waals surface area contributed by atoms with Gasteiger partial charge in [-0.2, -0.15) is 4.31 Å². The van der Waals surface area contributed by atoms with Gasteiger partial charge in [-0.3, -0.25) is 4.79 Å². The van der Waals surface area contributed by atoms with E-state index in [0.29, 0.717) is 5.75 Å². The molecular weight excluding hydrogens is 380 g/mol. The third-order valence-corrected chi connectivity index (χ3v) is 6.61. The van der Waals surface area contributed by atoms with Crippen LogP contribution in [0.4, 0.5) is 5.69 Å². The van der Waals surface area contributed by atoms with Gasteiger partial charge in [0.2, 0.25) is 5.91 Å². The molecule has 2 aromatic rings. The molecular formula is C16H18N2O6S2. The molecule has 10 heteroatoms. The molecule has 0 unspecified atom stereocenters. The highest BCUT2D eigenvalue weighted by atomic mass is 32.2. The number of anilines is 1. The lowest BCUT2D eigenvalue weighted by Gasteiger charge is -2.16. The highest BCUT2D eigenvalue weighted by Gasteiger charge is 2.24. The average Bonchev–Trinajstić information content (AvgIpc) is 3.16. The number of amides is 1. The number of rotatable bonds is 7. The fraction of sp³-hybridized carbons (Fsp3) is 0.250. The summed E-state index contributed by atoms with van der Waals surface area (Å²) in [6, 6.07) is 7.55. The van der Waals surface area contributed by atoms with E-state index >= 15 is 0 Å². The highest BCUT2D eigenvalue weighted by Crippen LogP contribution is 2.23. The van der Waals surface area contributed by atoms with E-state index in [0.717, 1.165) is 15.6 Å². The van der Waals surface area contributed by atoms with Gasteiger partial charge in [0.25, 0.3) is 10.0 Å². The number of nitrogens with one attached hydrogen (secondary N) is 1. The number of hydrogen-bond donors (Lipinski definition) is 1. The number of nitrogens with zero attached hydrogens (tertiary/aromatic N) is 1. The maximum absolute atomic E-state index is 12.4. The maximum atomic E-state index is 12.4. The number of benzene rings is 1. The fourth-order valence-corrected chi connectivity index (χ4v) is 4.41. The highest BCUT2D eigenvalue weighted by molar-refractivity contribution is 7.91. The summed E-state index contributed by atoms with van der Waals surface area (Å²) in [4.78, 5) is 24.1. The molecule has 0 spiro atoms. The Morgan fingerprint density at radius 1 is 1.23 bits per heavy atom. The van der Waals surface area contributed by atoms with Crippen molar-refractivity contribution in [2.75, 3.05) is 33.1 Å². The first-order valence-corrected chi connectivity index (χ1v) is 9.67. The van der Waals surface area contributed by atoms with Crippen molar-refractivity contribution in [3.63, 3.8) is 0 Å². The van der Waals surface area contributed by atoms with Crippen molar-refractivity contribution in [3.05, 3.63) is 41.3 Å². The Hall–Kier alpha value is -2.43. The third kappa shape index (κ3) is 4.40. The van der Waals surface area contributed by atoms with Gasteiger partial charge in [0, 0.05) is 7.05 Å². The Bertz CT molecular complexity index is 893. The van der Waals surface area contributed by atoms with Gasteiger partial charge in [0.15, 0.2) is 0 Å². The molecule has 0 bridgehead atoms. The van der Waals surface area contributed by atoms with E-state index in [-0.39, 0.29) is 15.5 Å². The number of ether oxygens (including phenoxy) is 2. The van der Waals surface area contributed by atoms with Crippen LogP contribution in [0.15, 0.2) is 39.9 Å². The van der Waals surface area contributed by atoms with Crippen molar-refractivity contribution < 1.29 is 27.5 Å². The molecule has 0 fully saturated rings. The van der Waals surface area contributed by atoms with E-state index in [1.54, 1.807) is 17.5 Å². The maximum Gasteiger partial charge on any atom is 0.340 e. The molecule has 0 aliphatic heterocycles. The molecule has 26 heavy (non-hydrogen) atoms. The number of methoxy groups -OCH3 is 2. The molecule has 0 atom stereocenters. The number of carbonyl (C=O) groups is 2. The first-order chi connectivity index (χ1) is 12.3. The molecule has 8 nitrogen and oxygen atoms in total. The first-order valence-electron chi connectivity index (χ1n) is 7.35. The minimum Gasteiger partial charge on any atom is -0.497 e.